The van der Waals surface area contributed by atoms with Gasteiger partial charge >= 0.3 is 0 Å². The summed E-state index contributed by atoms with van der Waals surface area (Å²) >= 11 is 0. The van der Waals surface area contributed by atoms with Crippen LogP contribution in [0.5, 0.6) is 5.75 Å². The molecule has 0 fully saturated rings. The largest absolute Gasteiger partial charge is 0.506 e. The van der Waals surface area contributed by atoms with Crippen molar-refractivity contribution in [3.63, 3.8) is 0 Å². The minimum atomic E-state index is 0.0931. The molecule has 0 saturated carbocycles. The van der Waals surface area contributed by atoms with Crippen LogP contribution in [0.25, 0.3) is 5.69 Å². The molecule has 0 unspecified atom stereocenters. The van der Waals surface area contributed by atoms with Crippen molar-refractivity contribution in [1.82, 2.24) is 9.55 Å². The van der Waals surface area contributed by atoms with Crippen LogP contribution in [0.15, 0.2) is 30.6 Å². The van der Waals surface area contributed by atoms with Gasteiger partial charge in [-0.1, -0.05) is 6.07 Å². The van der Waals surface area contributed by atoms with E-state index >= 15 is 0 Å². The molecule has 0 aliphatic heterocycles. The number of para-hydroxylation sites is 1. The highest BCUT2D eigenvalue weighted by Crippen LogP contribution is 2.27. The Balaban J connectivity index is 2.63. The van der Waals surface area contributed by atoms with Gasteiger partial charge in [0.2, 0.25) is 0 Å². The van der Waals surface area contributed by atoms with Crippen LogP contribution in [0.1, 0.15) is 5.82 Å². The highest BCUT2D eigenvalue weighted by Gasteiger charge is 2.06. The monoisotopic (exact) mass is 189 g/mol. The number of nitrogen functional groups attached to an aromatic ring is 1. The van der Waals surface area contributed by atoms with E-state index in [4.69, 9.17) is 5.73 Å². The number of hydrogen-bond donors (Lipinski definition) is 2. The first-order valence-electron chi connectivity index (χ1n) is 4.28. The maximum absolute atomic E-state index is 9.43. The minimum absolute atomic E-state index is 0.0931. The Morgan fingerprint density at radius 1 is 1.43 bits per heavy atom. The van der Waals surface area contributed by atoms with Crippen LogP contribution in [0.4, 0.5) is 5.69 Å². The molecule has 0 radical (unpaired) electrons. The van der Waals surface area contributed by atoms with E-state index in [0.29, 0.717) is 5.69 Å². The van der Waals surface area contributed by atoms with Crippen LogP contribution in [0.3, 0.4) is 0 Å². The molecule has 0 spiro atoms. The summed E-state index contributed by atoms with van der Waals surface area (Å²) in [6, 6.07) is 5.15. The van der Waals surface area contributed by atoms with Gasteiger partial charge in [0.05, 0.1) is 11.4 Å². The fraction of sp³-hybridized carbons (Fsp3) is 0.100. The molecule has 0 bridgehead atoms. The third-order valence-corrected chi connectivity index (χ3v) is 2.15. The molecule has 0 amide bonds. The SMILES string of the molecule is Cc1nccn1-c1cccc(O)c1N. The molecule has 1 aromatic heterocycles. The number of imidazole rings is 1. The Kier molecular flexibility index (Phi) is 1.89. The van der Waals surface area contributed by atoms with Gasteiger partial charge in [-0.25, -0.2) is 4.98 Å². The second kappa shape index (κ2) is 3.06. The Morgan fingerprint density at radius 2 is 2.21 bits per heavy atom. The molecule has 0 aliphatic rings. The van der Waals surface area contributed by atoms with Gasteiger partial charge in [0.15, 0.2) is 0 Å². The molecule has 0 saturated heterocycles. The molecule has 0 atom stereocenters. The van der Waals surface area contributed by atoms with E-state index in [9.17, 15) is 5.11 Å². The van der Waals surface area contributed by atoms with Crippen molar-refractivity contribution in [2.45, 2.75) is 6.92 Å². The molecule has 2 rings (SSSR count). The van der Waals surface area contributed by atoms with Gasteiger partial charge in [0, 0.05) is 12.4 Å². The number of aryl methyl sites for hydroxylation is 1. The predicted molar refractivity (Wildman–Crippen MR) is 54.4 cm³/mol. The van der Waals surface area contributed by atoms with E-state index in [1.807, 2.05) is 17.6 Å². The van der Waals surface area contributed by atoms with E-state index in [1.54, 1.807) is 24.5 Å². The maximum atomic E-state index is 9.43. The van der Waals surface area contributed by atoms with Crippen LogP contribution in [0.2, 0.25) is 0 Å². The summed E-state index contributed by atoms with van der Waals surface area (Å²) in [6.07, 6.45) is 3.50. The van der Waals surface area contributed by atoms with Crippen molar-refractivity contribution in [3.05, 3.63) is 36.4 Å². The molecule has 4 nitrogen and oxygen atoms in total. The van der Waals surface area contributed by atoms with E-state index in [0.717, 1.165) is 11.5 Å². The minimum Gasteiger partial charge on any atom is -0.506 e. The molecular weight excluding hydrogens is 178 g/mol. The number of nitrogens with two attached hydrogens (primary N) is 1. The van der Waals surface area contributed by atoms with E-state index in [-0.39, 0.29) is 5.75 Å². The molecule has 3 N–H and O–H groups in total. The van der Waals surface area contributed by atoms with Gasteiger partial charge in [-0.3, -0.25) is 0 Å². The van der Waals surface area contributed by atoms with Gasteiger partial charge in [0.1, 0.15) is 11.6 Å². The number of rotatable bonds is 1. The fourth-order valence-electron chi connectivity index (χ4n) is 1.38. The van der Waals surface area contributed by atoms with E-state index in [2.05, 4.69) is 4.98 Å². The van der Waals surface area contributed by atoms with Crippen molar-refractivity contribution in [1.29, 1.82) is 0 Å². The smallest absolute Gasteiger partial charge is 0.140 e. The zero-order valence-corrected chi connectivity index (χ0v) is 7.81. The number of phenols is 1. The summed E-state index contributed by atoms with van der Waals surface area (Å²) in [5.74, 6) is 0.929. The summed E-state index contributed by atoms with van der Waals surface area (Å²) in [7, 11) is 0. The zero-order chi connectivity index (χ0) is 10.1. The Morgan fingerprint density at radius 3 is 2.86 bits per heavy atom. The summed E-state index contributed by atoms with van der Waals surface area (Å²) in [6.45, 7) is 1.88. The highest BCUT2D eigenvalue weighted by molar-refractivity contribution is 5.66. The van der Waals surface area contributed by atoms with Crippen LogP contribution < -0.4 is 5.73 Å². The van der Waals surface area contributed by atoms with Crippen LogP contribution in [-0.4, -0.2) is 14.7 Å². The second-order valence-electron chi connectivity index (χ2n) is 3.05. The van der Waals surface area contributed by atoms with Crippen molar-refractivity contribution in [2.24, 2.45) is 0 Å². The normalized spacial score (nSPS) is 10.4. The fourth-order valence-corrected chi connectivity index (χ4v) is 1.38. The van der Waals surface area contributed by atoms with Gasteiger partial charge < -0.3 is 15.4 Å². The van der Waals surface area contributed by atoms with Gasteiger partial charge in [0.25, 0.3) is 0 Å². The Labute approximate surface area is 81.6 Å². The lowest BCUT2D eigenvalue weighted by Crippen LogP contribution is -2.00. The lowest BCUT2D eigenvalue weighted by atomic mass is 10.2. The van der Waals surface area contributed by atoms with Crippen molar-refractivity contribution >= 4 is 5.69 Å². The molecule has 0 aliphatic carbocycles. The lowest BCUT2D eigenvalue weighted by molar-refractivity contribution is 0.477. The number of hydrogen-bond acceptors (Lipinski definition) is 3. The molecule has 1 heterocycles. The molecule has 72 valence electrons. The average molecular weight is 189 g/mol. The number of anilines is 1. The molecule has 2 aromatic rings. The molecule has 4 heteroatoms. The summed E-state index contributed by atoms with van der Waals surface area (Å²) in [5, 5.41) is 9.43. The lowest BCUT2D eigenvalue weighted by Gasteiger charge is -2.09. The standard InChI is InChI=1S/C10H11N3O/c1-7-12-5-6-13(7)8-3-2-4-9(14)10(8)11/h2-6,14H,11H2,1H3. The number of aromatic nitrogens is 2. The first-order chi connectivity index (χ1) is 6.70. The summed E-state index contributed by atoms with van der Waals surface area (Å²) < 4.78 is 1.83. The molecule has 14 heavy (non-hydrogen) atoms. The van der Waals surface area contributed by atoms with Crippen LogP contribution in [0, 0.1) is 6.92 Å². The van der Waals surface area contributed by atoms with E-state index in [1.165, 1.54) is 0 Å². The average Bonchev–Trinajstić information content (AvgIpc) is 2.57. The molecular formula is C10H11N3O. The van der Waals surface area contributed by atoms with Crippen molar-refractivity contribution in [2.75, 3.05) is 5.73 Å². The van der Waals surface area contributed by atoms with Crippen LogP contribution >= 0.6 is 0 Å². The maximum Gasteiger partial charge on any atom is 0.140 e. The predicted octanol–water partition coefficient (Wildman–Crippen LogP) is 1.47. The number of nitrogens with zero attached hydrogens (tertiary/aromatic N) is 2. The summed E-state index contributed by atoms with van der Waals surface area (Å²) in [5.41, 5.74) is 6.86. The Bertz CT molecular complexity index is 462. The number of phenolic OH excluding ortho intramolecular Hbond substituents is 1. The first kappa shape index (κ1) is 8.62. The van der Waals surface area contributed by atoms with Crippen LogP contribution in [-0.2, 0) is 0 Å². The third-order valence-electron chi connectivity index (χ3n) is 2.15. The molecule has 1 aromatic carbocycles. The van der Waals surface area contributed by atoms with Gasteiger partial charge in [-0.2, -0.15) is 0 Å². The van der Waals surface area contributed by atoms with Crippen molar-refractivity contribution in [3.8, 4) is 11.4 Å². The van der Waals surface area contributed by atoms with Gasteiger partial charge in [-0.05, 0) is 19.1 Å². The first-order valence-corrected chi connectivity index (χ1v) is 4.28. The Hall–Kier alpha value is -1.97. The zero-order valence-electron chi connectivity index (χ0n) is 7.81. The summed E-state index contributed by atoms with van der Waals surface area (Å²) in [4.78, 5) is 4.09. The number of benzene rings is 1. The second-order valence-corrected chi connectivity index (χ2v) is 3.05. The van der Waals surface area contributed by atoms with Gasteiger partial charge in [-0.15, -0.1) is 0 Å². The van der Waals surface area contributed by atoms with Crippen molar-refractivity contribution < 1.29 is 5.11 Å². The van der Waals surface area contributed by atoms with E-state index < -0.39 is 0 Å². The quantitative estimate of drug-likeness (QED) is 0.527. The topological polar surface area (TPSA) is 64.1 Å². The third kappa shape index (κ3) is 1.21. The number of aromatic hydroxyl groups is 1. The highest BCUT2D eigenvalue weighted by atomic mass is 16.3.